The van der Waals surface area contributed by atoms with Gasteiger partial charge in [-0.25, -0.2) is 0 Å². The molecular formula is C17H19ClN2O4. The third-order valence-electron chi connectivity index (χ3n) is 4.16. The average Bonchev–Trinajstić information content (AvgIpc) is 3.02. The van der Waals surface area contributed by atoms with Crippen molar-refractivity contribution in [3.63, 3.8) is 0 Å². The normalized spacial score (nSPS) is 17.3. The number of piperidine rings is 1. The number of halogens is 1. The van der Waals surface area contributed by atoms with Crippen molar-refractivity contribution in [1.29, 1.82) is 0 Å². The van der Waals surface area contributed by atoms with E-state index in [1.165, 1.54) is 6.08 Å². The summed E-state index contributed by atoms with van der Waals surface area (Å²) < 4.78 is 10.6. The highest BCUT2D eigenvalue weighted by Gasteiger charge is 2.21. The van der Waals surface area contributed by atoms with E-state index in [-0.39, 0.29) is 24.6 Å². The molecular weight excluding hydrogens is 332 g/mol. The van der Waals surface area contributed by atoms with Crippen molar-refractivity contribution in [2.24, 2.45) is 0 Å². The Kier molecular flexibility index (Phi) is 4.94. The molecule has 0 spiro atoms. The van der Waals surface area contributed by atoms with Gasteiger partial charge >= 0.3 is 0 Å². The minimum absolute atomic E-state index is 0.0827. The van der Waals surface area contributed by atoms with E-state index in [0.717, 1.165) is 18.4 Å². The van der Waals surface area contributed by atoms with Crippen LogP contribution in [0.25, 0.3) is 6.08 Å². The molecule has 1 N–H and O–H groups in total. The molecule has 0 aromatic heterocycles. The average molecular weight is 351 g/mol. The van der Waals surface area contributed by atoms with E-state index < -0.39 is 0 Å². The highest BCUT2D eigenvalue weighted by molar-refractivity contribution is 6.32. The van der Waals surface area contributed by atoms with Crippen molar-refractivity contribution in [2.45, 2.75) is 25.8 Å². The zero-order chi connectivity index (χ0) is 17.1. The Morgan fingerprint density at radius 1 is 1.29 bits per heavy atom. The summed E-state index contributed by atoms with van der Waals surface area (Å²) >= 11 is 6.11. The molecule has 0 saturated carbocycles. The third-order valence-corrected chi connectivity index (χ3v) is 4.44. The standard InChI is InChI=1S/C17H19ClN2O4/c1-11(21)20-6-4-13(5-7-20)19-16(22)3-2-12-8-14(18)17-15(9-12)23-10-24-17/h2-3,8-9,13H,4-7,10H2,1H3,(H,19,22). The van der Waals surface area contributed by atoms with Crippen LogP contribution in [-0.2, 0) is 9.59 Å². The number of benzene rings is 1. The topological polar surface area (TPSA) is 67.9 Å². The van der Waals surface area contributed by atoms with Gasteiger partial charge in [0.05, 0.1) is 5.02 Å². The molecule has 0 unspecified atom stereocenters. The summed E-state index contributed by atoms with van der Waals surface area (Å²) in [5, 5.41) is 3.42. The number of nitrogens with one attached hydrogen (secondary N) is 1. The van der Waals surface area contributed by atoms with Crippen LogP contribution >= 0.6 is 11.6 Å². The lowest BCUT2D eigenvalue weighted by molar-refractivity contribution is -0.129. The molecule has 0 bridgehead atoms. The van der Waals surface area contributed by atoms with Gasteiger partial charge in [-0.05, 0) is 36.6 Å². The van der Waals surface area contributed by atoms with Gasteiger partial charge in [0.2, 0.25) is 18.6 Å². The van der Waals surface area contributed by atoms with Crippen LogP contribution in [0.5, 0.6) is 11.5 Å². The minimum atomic E-state index is -0.162. The minimum Gasteiger partial charge on any atom is -0.454 e. The number of amides is 2. The zero-order valence-electron chi connectivity index (χ0n) is 13.4. The van der Waals surface area contributed by atoms with Crippen molar-refractivity contribution in [1.82, 2.24) is 10.2 Å². The highest BCUT2D eigenvalue weighted by atomic mass is 35.5. The van der Waals surface area contributed by atoms with Crippen molar-refractivity contribution >= 4 is 29.5 Å². The summed E-state index contributed by atoms with van der Waals surface area (Å²) in [6.07, 6.45) is 4.71. The van der Waals surface area contributed by atoms with E-state index in [2.05, 4.69) is 5.32 Å². The molecule has 2 aliphatic rings. The van der Waals surface area contributed by atoms with Gasteiger partial charge in [0.25, 0.3) is 0 Å². The second-order valence-corrected chi connectivity index (χ2v) is 6.27. The van der Waals surface area contributed by atoms with Crippen LogP contribution in [0.3, 0.4) is 0 Å². The van der Waals surface area contributed by atoms with E-state index in [0.29, 0.717) is 29.6 Å². The fourth-order valence-electron chi connectivity index (χ4n) is 2.84. The van der Waals surface area contributed by atoms with Gasteiger partial charge in [0, 0.05) is 32.1 Å². The first-order valence-corrected chi connectivity index (χ1v) is 8.24. The second kappa shape index (κ2) is 7.13. The van der Waals surface area contributed by atoms with Crippen molar-refractivity contribution < 1.29 is 19.1 Å². The number of hydrogen-bond acceptors (Lipinski definition) is 4. The molecule has 1 fully saturated rings. The predicted molar refractivity (Wildman–Crippen MR) is 90.0 cm³/mol. The van der Waals surface area contributed by atoms with Crippen LogP contribution in [0.15, 0.2) is 18.2 Å². The first kappa shape index (κ1) is 16.6. The summed E-state index contributed by atoms with van der Waals surface area (Å²) in [4.78, 5) is 25.1. The molecule has 7 heteroatoms. The molecule has 0 atom stereocenters. The Balaban J connectivity index is 1.55. The van der Waals surface area contributed by atoms with Crippen LogP contribution < -0.4 is 14.8 Å². The Hall–Kier alpha value is -2.21. The fraction of sp³-hybridized carbons (Fsp3) is 0.412. The number of likely N-dealkylation sites (tertiary alicyclic amines) is 1. The van der Waals surface area contributed by atoms with Crippen molar-refractivity contribution in [3.8, 4) is 11.5 Å². The number of carbonyl (C=O) groups excluding carboxylic acids is 2. The summed E-state index contributed by atoms with van der Waals surface area (Å²) in [6.45, 7) is 3.09. The number of hydrogen-bond donors (Lipinski definition) is 1. The molecule has 6 nitrogen and oxygen atoms in total. The maximum Gasteiger partial charge on any atom is 0.244 e. The number of fused-ring (bicyclic) bond motifs is 1. The van der Waals surface area contributed by atoms with Crippen LogP contribution in [0.1, 0.15) is 25.3 Å². The van der Waals surface area contributed by atoms with Gasteiger partial charge in [-0.2, -0.15) is 0 Å². The summed E-state index contributed by atoms with van der Waals surface area (Å²) in [6, 6.07) is 3.60. The molecule has 1 aromatic carbocycles. The Labute approximate surface area is 145 Å². The SMILES string of the molecule is CC(=O)N1CCC(NC(=O)C=Cc2cc(Cl)c3c(c2)OCO3)CC1. The van der Waals surface area contributed by atoms with E-state index in [4.69, 9.17) is 21.1 Å². The van der Waals surface area contributed by atoms with Gasteiger partial charge in [-0.15, -0.1) is 0 Å². The molecule has 24 heavy (non-hydrogen) atoms. The number of nitrogens with zero attached hydrogens (tertiary/aromatic N) is 1. The smallest absolute Gasteiger partial charge is 0.244 e. The van der Waals surface area contributed by atoms with Gasteiger partial charge in [-0.1, -0.05) is 11.6 Å². The van der Waals surface area contributed by atoms with Crippen LogP contribution in [0.2, 0.25) is 5.02 Å². The Bertz CT molecular complexity index is 681. The Morgan fingerprint density at radius 2 is 2.04 bits per heavy atom. The summed E-state index contributed by atoms with van der Waals surface area (Å²) in [5.74, 6) is 1.04. The first-order chi connectivity index (χ1) is 11.5. The second-order valence-electron chi connectivity index (χ2n) is 5.86. The summed E-state index contributed by atoms with van der Waals surface area (Å²) in [7, 11) is 0. The van der Waals surface area contributed by atoms with Crippen molar-refractivity contribution in [2.75, 3.05) is 19.9 Å². The lowest BCUT2D eigenvalue weighted by Crippen LogP contribution is -2.45. The molecule has 0 aliphatic carbocycles. The predicted octanol–water partition coefficient (Wildman–Crippen LogP) is 2.21. The molecule has 2 aliphatic heterocycles. The quantitative estimate of drug-likeness (QED) is 0.849. The largest absolute Gasteiger partial charge is 0.454 e. The lowest BCUT2D eigenvalue weighted by atomic mass is 10.0. The molecule has 128 valence electrons. The number of carbonyl (C=O) groups is 2. The molecule has 1 saturated heterocycles. The lowest BCUT2D eigenvalue weighted by Gasteiger charge is -2.31. The van der Waals surface area contributed by atoms with E-state index in [1.54, 1.807) is 30.0 Å². The van der Waals surface area contributed by atoms with E-state index >= 15 is 0 Å². The molecule has 1 aromatic rings. The zero-order valence-corrected chi connectivity index (χ0v) is 14.1. The number of ether oxygens (including phenoxy) is 2. The molecule has 3 rings (SSSR count). The monoisotopic (exact) mass is 350 g/mol. The highest BCUT2D eigenvalue weighted by Crippen LogP contribution is 2.40. The maximum absolute atomic E-state index is 12.1. The third kappa shape index (κ3) is 3.82. The van der Waals surface area contributed by atoms with Crippen LogP contribution in [0, 0.1) is 0 Å². The van der Waals surface area contributed by atoms with E-state index in [1.807, 2.05) is 0 Å². The van der Waals surface area contributed by atoms with Crippen LogP contribution in [-0.4, -0.2) is 42.6 Å². The molecule has 2 amide bonds. The van der Waals surface area contributed by atoms with Gasteiger partial charge in [0.1, 0.15) is 0 Å². The van der Waals surface area contributed by atoms with Gasteiger partial charge in [-0.3, -0.25) is 9.59 Å². The maximum atomic E-state index is 12.1. The number of rotatable bonds is 3. The van der Waals surface area contributed by atoms with Gasteiger partial charge < -0.3 is 19.7 Å². The van der Waals surface area contributed by atoms with Crippen molar-refractivity contribution in [3.05, 3.63) is 28.8 Å². The first-order valence-electron chi connectivity index (χ1n) is 7.86. The van der Waals surface area contributed by atoms with Crippen LogP contribution in [0.4, 0.5) is 0 Å². The Morgan fingerprint density at radius 3 is 2.75 bits per heavy atom. The summed E-state index contributed by atoms with van der Waals surface area (Å²) in [5.41, 5.74) is 0.769. The molecule has 2 heterocycles. The molecule has 0 radical (unpaired) electrons. The van der Waals surface area contributed by atoms with E-state index in [9.17, 15) is 9.59 Å². The fourth-order valence-corrected chi connectivity index (χ4v) is 3.12. The van der Waals surface area contributed by atoms with Gasteiger partial charge in [0.15, 0.2) is 11.5 Å².